The number of hydrogen-bond acceptors (Lipinski definition) is 10. The van der Waals surface area contributed by atoms with Gasteiger partial charge >= 0.3 is 17.5 Å². The van der Waals surface area contributed by atoms with Gasteiger partial charge in [-0.15, -0.1) is 4.63 Å². The molecule has 19 heavy (non-hydrogen) atoms. The molecule has 2 aromatic rings. The van der Waals surface area contributed by atoms with E-state index in [1.165, 1.54) is 0 Å². The number of rotatable bonds is 4. The number of nitrogens with zero attached hydrogens (tertiary/aromatic N) is 6. The maximum absolute atomic E-state index is 10.7. The van der Waals surface area contributed by atoms with Gasteiger partial charge in [0.2, 0.25) is 11.3 Å². The van der Waals surface area contributed by atoms with Gasteiger partial charge in [-0.25, -0.2) is 0 Å². The van der Waals surface area contributed by atoms with Crippen LogP contribution < -0.4 is 0 Å². The van der Waals surface area contributed by atoms with E-state index < -0.39 is 43.5 Å². The first-order valence-corrected chi connectivity index (χ1v) is 4.28. The summed E-state index contributed by atoms with van der Waals surface area (Å²) in [4.78, 5) is 28.9. The Kier molecular flexibility index (Phi) is 2.59. The molecule has 0 aliphatic rings. The first kappa shape index (κ1) is 12.0. The van der Waals surface area contributed by atoms with Crippen LogP contribution in [0.2, 0.25) is 0 Å². The molecule has 98 valence electrons. The minimum Gasteiger partial charge on any atom is -0.358 e. The highest BCUT2D eigenvalue weighted by Crippen LogP contribution is 2.38. The Hall–Kier alpha value is -3.45. The minimum absolute atomic E-state index is 0.753. The van der Waals surface area contributed by atoms with E-state index in [0.29, 0.717) is 0 Å². The molecule has 0 spiro atoms. The molecule has 2 rings (SSSR count). The van der Waals surface area contributed by atoms with E-state index in [4.69, 9.17) is 0 Å². The quantitative estimate of drug-likeness (QED) is 0.590. The van der Waals surface area contributed by atoms with E-state index in [-0.39, 0.29) is 0 Å². The first-order chi connectivity index (χ1) is 8.93. The summed E-state index contributed by atoms with van der Waals surface area (Å²) in [7, 11) is 0. The van der Waals surface area contributed by atoms with Gasteiger partial charge in [0.15, 0.2) is 5.16 Å². The smallest absolute Gasteiger partial charge is 0.358 e. The van der Waals surface area contributed by atoms with E-state index in [1.807, 2.05) is 0 Å². The minimum atomic E-state index is -1.06. The molecule has 0 radical (unpaired) electrons. The fraction of sp³-hybridized carbons (Fsp3) is 0. The van der Waals surface area contributed by atoms with Gasteiger partial charge in [-0.2, -0.15) is 0 Å². The summed E-state index contributed by atoms with van der Waals surface area (Å²) in [5.41, 5.74) is -1.53. The molecule has 0 aliphatic heterocycles. The van der Waals surface area contributed by atoms with Crippen LogP contribution in [-0.2, 0) is 0 Å². The largest absolute Gasteiger partial charge is 0.443 e. The van der Waals surface area contributed by atoms with E-state index in [2.05, 4.69) is 20.0 Å². The van der Waals surface area contributed by atoms with Crippen molar-refractivity contribution in [2.24, 2.45) is 0 Å². The Morgan fingerprint density at radius 3 is 2.11 bits per heavy atom. The Morgan fingerprint density at radius 2 is 1.58 bits per heavy atom. The van der Waals surface area contributed by atoms with Gasteiger partial charge in [-0.3, -0.25) is 0 Å². The van der Waals surface area contributed by atoms with Gasteiger partial charge in [-0.05, 0) is 25.0 Å². The van der Waals surface area contributed by atoms with E-state index in [9.17, 15) is 30.3 Å². The number of nitrogens with one attached hydrogen (secondary N) is 1. The molecule has 0 aromatic carbocycles. The zero-order valence-electron chi connectivity index (χ0n) is 8.54. The van der Waals surface area contributed by atoms with Crippen LogP contribution in [0.1, 0.15) is 0 Å². The van der Waals surface area contributed by atoms with Crippen LogP contribution >= 0.6 is 0 Å². The first-order valence-electron chi connectivity index (χ1n) is 4.28. The predicted molar refractivity (Wildman–Crippen MR) is 51.8 cm³/mol. The molecule has 14 nitrogen and oxygen atoms in total. The normalized spacial score (nSPS) is 10.3. The number of hydrogen-bond donors (Lipinski definition) is 1. The predicted octanol–water partition coefficient (Wildman–Crippen LogP) is 0.184. The van der Waals surface area contributed by atoms with Crippen LogP contribution in [0.5, 0.6) is 0 Å². The Balaban J connectivity index is 2.75. The number of nitro groups is 3. The van der Waals surface area contributed by atoms with Crippen LogP contribution in [0, 0.1) is 30.3 Å². The summed E-state index contributed by atoms with van der Waals surface area (Å²) in [5.74, 6) is -2.91. The van der Waals surface area contributed by atoms with Crippen molar-refractivity contribution in [3.63, 3.8) is 0 Å². The van der Waals surface area contributed by atoms with Crippen molar-refractivity contribution >= 4 is 17.5 Å². The van der Waals surface area contributed by atoms with Gasteiger partial charge in [0.1, 0.15) is 5.10 Å². The highest BCUT2D eigenvalue weighted by molar-refractivity contribution is 5.80. The highest BCUT2D eigenvalue weighted by Gasteiger charge is 2.40. The second kappa shape index (κ2) is 4.09. The second-order valence-corrected chi connectivity index (χ2v) is 2.98. The molecule has 0 aliphatic carbocycles. The molecule has 0 saturated heterocycles. The third-order valence-corrected chi connectivity index (χ3v) is 1.96. The summed E-state index contributed by atoms with van der Waals surface area (Å²) in [6.07, 6.45) is 0. The highest BCUT2D eigenvalue weighted by atomic mass is 16.6. The number of H-pyrrole nitrogens is 1. The van der Waals surface area contributed by atoms with Crippen molar-refractivity contribution in [3.8, 4) is 11.3 Å². The van der Waals surface area contributed by atoms with Crippen LogP contribution in [0.15, 0.2) is 4.63 Å². The van der Waals surface area contributed by atoms with Gasteiger partial charge in [0, 0.05) is 0 Å². The molecular formula is C5HN7O7. The maximum Gasteiger partial charge on any atom is 0.443 e. The molecule has 0 unspecified atom stereocenters. The van der Waals surface area contributed by atoms with E-state index >= 15 is 0 Å². The molecule has 0 fully saturated rings. The lowest BCUT2D eigenvalue weighted by Gasteiger charge is -1.93. The standard InChI is InChI=1S/C5HN7O7/c13-10(14)3-1(4(7-6-3)11(15)16)2-5(12(17)18)9-19-8-2/h(H,6,7). The van der Waals surface area contributed by atoms with Crippen LogP contribution in [-0.4, -0.2) is 35.3 Å². The van der Waals surface area contributed by atoms with Crippen molar-refractivity contribution in [3.05, 3.63) is 30.3 Å². The monoisotopic (exact) mass is 271 g/mol. The van der Waals surface area contributed by atoms with E-state index in [1.54, 1.807) is 5.10 Å². The molecule has 2 aromatic heterocycles. The zero-order chi connectivity index (χ0) is 14.2. The number of aromatic amines is 1. The van der Waals surface area contributed by atoms with E-state index in [0.717, 1.165) is 0 Å². The topological polar surface area (TPSA) is 197 Å². The van der Waals surface area contributed by atoms with Crippen molar-refractivity contribution in [1.82, 2.24) is 20.5 Å². The molecule has 1 N–H and O–H groups in total. The van der Waals surface area contributed by atoms with Gasteiger partial charge in [-0.1, -0.05) is 0 Å². The average molecular weight is 271 g/mol. The average Bonchev–Trinajstić information content (AvgIpc) is 2.94. The van der Waals surface area contributed by atoms with Gasteiger partial charge < -0.3 is 30.3 Å². The molecule has 2 heterocycles. The Labute approximate surface area is 100.0 Å². The molecule has 0 saturated carbocycles. The van der Waals surface area contributed by atoms with Gasteiger partial charge in [0.05, 0.1) is 0 Å². The molecule has 0 bridgehead atoms. The third kappa shape index (κ3) is 1.81. The second-order valence-electron chi connectivity index (χ2n) is 2.98. The SMILES string of the molecule is O=[N+]([O-])c1nonc1-c1c([N+](=O)[O-])n[nH]c1[N+](=O)[O-]. The lowest BCUT2D eigenvalue weighted by atomic mass is 10.2. The fourth-order valence-corrected chi connectivity index (χ4v) is 1.27. The van der Waals surface area contributed by atoms with Crippen molar-refractivity contribution in [1.29, 1.82) is 0 Å². The summed E-state index contributed by atoms with van der Waals surface area (Å²) in [5, 5.41) is 42.8. The zero-order valence-corrected chi connectivity index (χ0v) is 8.54. The summed E-state index contributed by atoms with van der Waals surface area (Å²) in [6.45, 7) is 0. The lowest BCUT2D eigenvalue weighted by molar-refractivity contribution is -0.394. The van der Waals surface area contributed by atoms with Crippen molar-refractivity contribution in [2.45, 2.75) is 0 Å². The molecule has 0 amide bonds. The van der Waals surface area contributed by atoms with Crippen molar-refractivity contribution in [2.75, 3.05) is 0 Å². The number of aromatic nitrogens is 4. The molecule has 14 heteroatoms. The summed E-state index contributed by atoms with van der Waals surface area (Å²) in [6, 6.07) is 0. The van der Waals surface area contributed by atoms with Crippen LogP contribution in [0.4, 0.5) is 17.5 Å². The maximum atomic E-state index is 10.7. The van der Waals surface area contributed by atoms with Crippen LogP contribution in [0.25, 0.3) is 11.3 Å². The Bertz CT molecular complexity index is 654. The molecular weight excluding hydrogens is 270 g/mol. The van der Waals surface area contributed by atoms with Crippen LogP contribution in [0.3, 0.4) is 0 Å². The lowest BCUT2D eigenvalue weighted by Crippen LogP contribution is -1.97. The summed E-state index contributed by atoms with van der Waals surface area (Å²) >= 11 is 0. The molecule has 0 atom stereocenters. The summed E-state index contributed by atoms with van der Waals surface area (Å²) < 4.78 is 4.07. The Morgan fingerprint density at radius 1 is 0.947 bits per heavy atom. The third-order valence-electron chi connectivity index (χ3n) is 1.96. The van der Waals surface area contributed by atoms with Gasteiger partial charge in [0.25, 0.3) is 0 Å². The fourth-order valence-electron chi connectivity index (χ4n) is 1.27. The van der Waals surface area contributed by atoms with Crippen molar-refractivity contribution < 1.29 is 19.4 Å².